The lowest BCUT2D eigenvalue weighted by Crippen LogP contribution is -2.11. The molecule has 3 rings (SSSR count). The number of non-ortho nitro benzene ring substituents is 1. The average molecular weight is 287 g/mol. The van der Waals surface area contributed by atoms with Crippen LogP contribution in [0.4, 0.5) is 5.69 Å². The first-order chi connectivity index (χ1) is 10.3. The quantitative estimate of drug-likeness (QED) is 0.675. The topological polar surface area (TPSA) is 77.3 Å². The number of aromatic nitrogens is 1. The van der Waals surface area contributed by atoms with Gasteiger partial charge in [0.25, 0.3) is 5.69 Å². The minimum absolute atomic E-state index is 0.0120. The zero-order valence-electron chi connectivity index (χ0n) is 11.6. The summed E-state index contributed by atoms with van der Waals surface area (Å²) in [6.07, 6.45) is 3.74. The number of rotatable bonds is 5. The van der Waals surface area contributed by atoms with Gasteiger partial charge in [0.05, 0.1) is 11.5 Å². The van der Waals surface area contributed by atoms with Crippen LogP contribution in [0.2, 0.25) is 0 Å². The largest absolute Gasteiger partial charge is 0.493 e. The lowest BCUT2D eigenvalue weighted by Gasteiger charge is -2.11. The number of hydrogen-bond acceptors (Lipinski definition) is 5. The van der Waals surface area contributed by atoms with Crippen molar-refractivity contribution >= 4 is 16.6 Å². The third kappa shape index (κ3) is 2.95. The summed E-state index contributed by atoms with van der Waals surface area (Å²) < 4.78 is 5.83. The molecule has 110 valence electrons. The Kier molecular flexibility index (Phi) is 3.96. The van der Waals surface area contributed by atoms with E-state index in [9.17, 15) is 10.1 Å². The van der Waals surface area contributed by atoms with Crippen LogP contribution in [0, 0.1) is 16.0 Å². The van der Waals surface area contributed by atoms with E-state index in [0.29, 0.717) is 29.2 Å². The summed E-state index contributed by atoms with van der Waals surface area (Å²) in [7, 11) is 0. The Hall–Kier alpha value is -2.21. The van der Waals surface area contributed by atoms with Crippen molar-refractivity contribution in [1.82, 2.24) is 10.3 Å². The van der Waals surface area contributed by atoms with Gasteiger partial charge in [-0.05, 0) is 50.0 Å². The predicted molar refractivity (Wildman–Crippen MR) is 79.5 cm³/mol. The Labute approximate surface area is 122 Å². The second kappa shape index (κ2) is 6.05. The molecule has 1 atom stereocenters. The third-order valence-electron chi connectivity index (χ3n) is 3.85. The van der Waals surface area contributed by atoms with Crippen LogP contribution in [0.3, 0.4) is 0 Å². The van der Waals surface area contributed by atoms with Gasteiger partial charge < -0.3 is 10.1 Å². The number of nitro groups is 1. The zero-order valence-corrected chi connectivity index (χ0v) is 11.6. The van der Waals surface area contributed by atoms with Crippen molar-refractivity contribution in [2.75, 3.05) is 19.7 Å². The van der Waals surface area contributed by atoms with Gasteiger partial charge in [0.1, 0.15) is 5.75 Å². The van der Waals surface area contributed by atoms with E-state index >= 15 is 0 Å². The van der Waals surface area contributed by atoms with Crippen LogP contribution in [0.5, 0.6) is 5.75 Å². The molecule has 0 amide bonds. The van der Waals surface area contributed by atoms with Crippen LogP contribution in [-0.2, 0) is 0 Å². The van der Waals surface area contributed by atoms with Crippen molar-refractivity contribution in [3.63, 3.8) is 0 Å². The molecule has 1 N–H and O–H groups in total. The van der Waals surface area contributed by atoms with Crippen LogP contribution in [0.15, 0.2) is 30.5 Å². The van der Waals surface area contributed by atoms with Crippen molar-refractivity contribution in [3.05, 3.63) is 40.6 Å². The van der Waals surface area contributed by atoms with E-state index in [2.05, 4.69) is 10.3 Å². The van der Waals surface area contributed by atoms with E-state index < -0.39 is 4.92 Å². The maximum Gasteiger partial charge on any atom is 0.295 e. The first-order valence-electron chi connectivity index (χ1n) is 7.11. The standard InChI is InChI=1S/C15H17N3O3/c19-18(20)13-3-4-14(12-2-1-7-17-15(12)13)21-9-6-11-5-8-16-10-11/h1-4,7,11,16H,5-6,8-10H2. The second-order valence-corrected chi connectivity index (χ2v) is 5.24. The highest BCUT2D eigenvalue weighted by atomic mass is 16.6. The second-order valence-electron chi connectivity index (χ2n) is 5.24. The highest BCUT2D eigenvalue weighted by Gasteiger charge is 2.17. The van der Waals surface area contributed by atoms with Crippen molar-refractivity contribution in [3.8, 4) is 5.75 Å². The maximum absolute atomic E-state index is 11.0. The molecule has 21 heavy (non-hydrogen) atoms. The summed E-state index contributed by atoms with van der Waals surface area (Å²) in [6.45, 7) is 2.75. The number of fused-ring (bicyclic) bond motifs is 1. The fourth-order valence-corrected chi connectivity index (χ4v) is 2.70. The highest BCUT2D eigenvalue weighted by Crippen LogP contribution is 2.31. The van der Waals surface area contributed by atoms with Gasteiger partial charge in [-0.25, -0.2) is 4.98 Å². The normalized spacial score (nSPS) is 18.0. The van der Waals surface area contributed by atoms with E-state index in [-0.39, 0.29) is 5.69 Å². The lowest BCUT2D eigenvalue weighted by molar-refractivity contribution is -0.383. The molecule has 0 bridgehead atoms. The monoisotopic (exact) mass is 287 g/mol. The molecule has 1 unspecified atom stereocenters. The molecular formula is C15H17N3O3. The molecule has 0 aliphatic carbocycles. The summed E-state index contributed by atoms with van der Waals surface area (Å²) in [4.78, 5) is 14.7. The summed E-state index contributed by atoms with van der Waals surface area (Å²) >= 11 is 0. The molecule has 1 aromatic carbocycles. The van der Waals surface area contributed by atoms with Crippen molar-refractivity contribution < 1.29 is 9.66 Å². The number of nitro benzene ring substituents is 1. The third-order valence-corrected chi connectivity index (χ3v) is 3.85. The number of hydrogen-bond donors (Lipinski definition) is 1. The maximum atomic E-state index is 11.0. The van der Waals surface area contributed by atoms with E-state index in [0.717, 1.165) is 19.5 Å². The SMILES string of the molecule is O=[N+]([O-])c1ccc(OCCC2CCNC2)c2cccnc12. The highest BCUT2D eigenvalue weighted by molar-refractivity contribution is 5.91. The summed E-state index contributed by atoms with van der Waals surface area (Å²) in [6, 6.07) is 6.69. The van der Waals surface area contributed by atoms with Crippen molar-refractivity contribution in [2.24, 2.45) is 5.92 Å². The molecule has 0 radical (unpaired) electrons. The minimum Gasteiger partial charge on any atom is -0.493 e. The van der Waals surface area contributed by atoms with Gasteiger partial charge in [-0.3, -0.25) is 10.1 Å². The molecule has 0 spiro atoms. The molecule has 1 aliphatic heterocycles. The minimum atomic E-state index is -0.413. The first kappa shape index (κ1) is 13.8. The average Bonchev–Trinajstić information content (AvgIpc) is 3.00. The number of nitrogens with zero attached hydrogens (tertiary/aromatic N) is 2. The number of benzene rings is 1. The van der Waals surface area contributed by atoms with Crippen LogP contribution >= 0.6 is 0 Å². The van der Waals surface area contributed by atoms with Gasteiger partial charge >= 0.3 is 0 Å². The summed E-state index contributed by atoms with van der Waals surface area (Å²) in [5, 5.41) is 15.1. The molecule has 2 heterocycles. The smallest absolute Gasteiger partial charge is 0.295 e. The van der Waals surface area contributed by atoms with Crippen LogP contribution in [0.1, 0.15) is 12.8 Å². The molecule has 1 aromatic heterocycles. The Bertz CT molecular complexity index is 654. The molecule has 1 saturated heterocycles. The Morgan fingerprint density at radius 1 is 1.43 bits per heavy atom. The molecular weight excluding hydrogens is 270 g/mol. The number of nitrogens with one attached hydrogen (secondary N) is 1. The Morgan fingerprint density at radius 3 is 3.10 bits per heavy atom. The summed E-state index contributed by atoms with van der Waals surface area (Å²) in [5.74, 6) is 1.32. The van der Waals surface area contributed by atoms with Crippen LogP contribution < -0.4 is 10.1 Å². The predicted octanol–water partition coefficient (Wildman–Crippen LogP) is 2.52. The molecule has 1 aliphatic rings. The fraction of sp³-hybridized carbons (Fsp3) is 0.400. The van der Waals surface area contributed by atoms with E-state index in [1.807, 2.05) is 6.07 Å². The van der Waals surface area contributed by atoms with Gasteiger partial charge in [-0.15, -0.1) is 0 Å². The van der Waals surface area contributed by atoms with Crippen molar-refractivity contribution in [2.45, 2.75) is 12.8 Å². The van der Waals surface area contributed by atoms with Crippen LogP contribution in [0.25, 0.3) is 10.9 Å². The van der Waals surface area contributed by atoms with Gasteiger partial charge in [-0.1, -0.05) is 0 Å². The Morgan fingerprint density at radius 2 is 2.33 bits per heavy atom. The Balaban J connectivity index is 1.79. The number of ether oxygens (including phenoxy) is 1. The first-order valence-corrected chi connectivity index (χ1v) is 7.11. The molecule has 6 heteroatoms. The lowest BCUT2D eigenvalue weighted by atomic mass is 10.1. The van der Waals surface area contributed by atoms with E-state index in [4.69, 9.17) is 4.74 Å². The van der Waals surface area contributed by atoms with Gasteiger partial charge in [-0.2, -0.15) is 0 Å². The van der Waals surface area contributed by atoms with E-state index in [1.54, 1.807) is 18.3 Å². The molecule has 2 aromatic rings. The summed E-state index contributed by atoms with van der Waals surface area (Å²) in [5.41, 5.74) is 0.389. The molecule has 0 saturated carbocycles. The fourth-order valence-electron chi connectivity index (χ4n) is 2.70. The molecule has 6 nitrogen and oxygen atoms in total. The van der Waals surface area contributed by atoms with Crippen LogP contribution in [-0.4, -0.2) is 29.6 Å². The zero-order chi connectivity index (χ0) is 14.7. The van der Waals surface area contributed by atoms with Gasteiger partial charge in [0, 0.05) is 17.6 Å². The van der Waals surface area contributed by atoms with E-state index in [1.165, 1.54) is 12.5 Å². The molecule has 1 fully saturated rings. The number of pyridine rings is 1. The van der Waals surface area contributed by atoms with Gasteiger partial charge in [0.15, 0.2) is 5.52 Å². The van der Waals surface area contributed by atoms with Crippen molar-refractivity contribution in [1.29, 1.82) is 0 Å². The van der Waals surface area contributed by atoms with Gasteiger partial charge in [0.2, 0.25) is 0 Å².